The minimum absolute atomic E-state index is 0.148. The standard InChI is InChI=1S/C32H38N2O/c1-8-31(30-18-9-23(4)19-24(30)5)34-25(6)32(33-7)20-26-12-16-29(17-13-26)35-21-27-10-14-28(15-11-27)22(2)3/h8-19,32-33H,2,20-21H2,1,3-7H3/b31-8-,34-25?. The van der Waals surface area contributed by atoms with E-state index in [1.165, 1.54) is 22.3 Å². The van der Waals surface area contributed by atoms with Crippen molar-refractivity contribution in [2.24, 2.45) is 4.99 Å². The number of ether oxygens (including phenoxy) is 1. The SMILES string of the molecule is C=C(C)c1ccc(COc2ccc(CC(NC)C(C)=N/C(=C\C)c3ccc(C)cc3C)cc2)cc1. The van der Waals surface area contributed by atoms with Crippen LogP contribution in [0.3, 0.4) is 0 Å². The van der Waals surface area contributed by atoms with Crippen molar-refractivity contribution in [1.82, 2.24) is 5.32 Å². The highest BCUT2D eigenvalue weighted by Gasteiger charge is 2.13. The summed E-state index contributed by atoms with van der Waals surface area (Å²) < 4.78 is 5.99. The number of rotatable bonds is 10. The number of aryl methyl sites for hydroxylation is 2. The highest BCUT2D eigenvalue weighted by Crippen LogP contribution is 2.23. The van der Waals surface area contributed by atoms with Gasteiger partial charge in [-0.25, -0.2) is 0 Å². The minimum atomic E-state index is 0.148. The first-order valence-electron chi connectivity index (χ1n) is 12.2. The number of nitrogens with zero attached hydrogens (tertiary/aromatic N) is 1. The fourth-order valence-electron chi connectivity index (χ4n) is 4.12. The number of hydrogen-bond donors (Lipinski definition) is 1. The van der Waals surface area contributed by atoms with Gasteiger partial charge in [0.05, 0.1) is 5.70 Å². The number of aliphatic imine (C=N–C) groups is 1. The lowest BCUT2D eigenvalue weighted by Gasteiger charge is -2.18. The summed E-state index contributed by atoms with van der Waals surface area (Å²) in [7, 11) is 1.99. The summed E-state index contributed by atoms with van der Waals surface area (Å²) in [5.41, 5.74) is 10.4. The van der Waals surface area contributed by atoms with E-state index in [1.807, 2.05) is 33.0 Å². The van der Waals surface area contributed by atoms with Gasteiger partial charge in [-0.3, -0.25) is 4.99 Å². The van der Waals surface area contributed by atoms with Gasteiger partial charge in [-0.2, -0.15) is 0 Å². The van der Waals surface area contributed by atoms with Crippen LogP contribution in [-0.2, 0) is 13.0 Å². The van der Waals surface area contributed by atoms with E-state index in [2.05, 4.69) is 93.3 Å². The molecule has 3 nitrogen and oxygen atoms in total. The Morgan fingerprint density at radius 1 is 0.971 bits per heavy atom. The predicted molar refractivity (Wildman–Crippen MR) is 151 cm³/mol. The quantitative estimate of drug-likeness (QED) is 0.313. The molecule has 0 aliphatic heterocycles. The second-order valence-electron chi connectivity index (χ2n) is 9.20. The van der Waals surface area contributed by atoms with E-state index in [0.29, 0.717) is 6.61 Å². The topological polar surface area (TPSA) is 33.6 Å². The Balaban J connectivity index is 1.64. The molecule has 182 valence electrons. The van der Waals surface area contributed by atoms with Crippen LogP contribution in [0.15, 0.2) is 84.4 Å². The van der Waals surface area contributed by atoms with Crippen molar-refractivity contribution in [3.05, 3.63) is 113 Å². The molecule has 0 spiro atoms. The van der Waals surface area contributed by atoms with E-state index >= 15 is 0 Å². The number of hydrogen-bond acceptors (Lipinski definition) is 3. The van der Waals surface area contributed by atoms with E-state index < -0.39 is 0 Å². The van der Waals surface area contributed by atoms with Crippen LogP contribution < -0.4 is 10.1 Å². The van der Waals surface area contributed by atoms with Gasteiger partial charge in [0.15, 0.2) is 0 Å². The third-order valence-electron chi connectivity index (χ3n) is 6.30. The van der Waals surface area contributed by atoms with E-state index in [9.17, 15) is 0 Å². The van der Waals surface area contributed by atoms with Crippen LogP contribution in [0.4, 0.5) is 0 Å². The van der Waals surface area contributed by atoms with Gasteiger partial charge in [0.25, 0.3) is 0 Å². The van der Waals surface area contributed by atoms with Crippen molar-refractivity contribution < 1.29 is 4.74 Å². The Morgan fingerprint density at radius 2 is 1.63 bits per heavy atom. The van der Waals surface area contributed by atoms with Gasteiger partial charge in [-0.05, 0) is 82.5 Å². The maximum absolute atomic E-state index is 5.99. The summed E-state index contributed by atoms with van der Waals surface area (Å²) in [5.74, 6) is 0.871. The average molecular weight is 467 g/mol. The largest absolute Gasteiger partial charge is 0.489 e. The predicted octanol–water partition coefficient (Wildman–Crippen LogP) is 7.57. The molecule has 0 aliphatic carbocycles. The normalized spacial score (nSPS) is 13.0. The second-order valence-corrected chi connectivity index (χ2v) is 9.20. The zero-order valence-electron chi connectivity index (χ0n) is 22.0. The zero-order chi connectivity index (χ0) is 25.4. The van der Waals surface area contributed by atoms with Crippen molar-refractivity contribution >= 4 is 17.0 Å². The molecule has 1 atom stereocenters. The zero-order valence-corrected chi connectivity index (χ0v) is 22.0. The van der Waals surface area contributed by atoms with Crippen molar-refractivity contribution in [3.63, 3.8) is 0 Å². The van der Waals surface area contributed by atoms with Gasteiger partial charge in [-0.1, -0.05) is 78.4 Å². The maximum Gasteiger partial charge on any atom is 0.119 e. The van der Waals surface area contributed by atoms with E-state index in [-0.39, 0.29) is 6.04 Å². The molecular formula is C32H38N2O. The van der Waals surface area contributed by atoms with Crippen molar-refractivity contribution in [1.29, 1.82) is 0 Å². The van der Waals surface area contributed by atoms with Crippen LogP contribution in [0.25, 0.3) is 11.3 Å². The molecule has 0 aromatic heterocycles. The highest BCUT2D eigenvalue weighted by molar-refractivity contribution is 5.92. The molecule has 0 fully saturated rings. The van der Waals surface area contributed by atoms with Gasteiger partial charge >= 0.3 is 0 Å². The van der Waals surface area contributed by atoms with Crippen LogP contribution >= 0.6 is 0 Å². The number of likely N-dealkylation sites (N-methyl/N-ethyl adjacent to an activating group) is 1. The summed E-state index contributed by atoms with van der Waals surface area (Å²) in [4.78, 5) is 5.01. The van der Waals surface area contributed by atoms with Gasteiger partial charge < -0.3 is 10.1 Å². The third kappa shape index (κ3) is 7.27. The van der Waals surface area contributed by atoms with Crippen molar-refractivity contribution in [3.8, 4) is 5.75 Å². The molecule has 0 amide bonds. The molecular weight excluding hydrogens is 428 g/mol. The fourth-order valence-corrected chi connectivity index (χ4v) is 4.12. The van der Waals surface area contributed by atoms with Crippen LogP contribution in [0.1, 0.15) is 54.2 Å². The minimum Gasteiger partial charge on any atom is -0.489 e. The van der Waals surface area contributed by atoms with Gasteiger partial charge in [0.1, 0.15) is 12.4 Å². The van der Waals surface area contributed by atoms with E-state index in [1.54, 1.807) is 0 Å². The Hall–Kier alpha value is -3.43. The molecule has 3 heteroatoms. The first kappa shape index (κ1) is 26.2. The van der Waals surface area contributed by atoms with Gasteiger partial charge in [0.2, 0.25) is 0 Å². The smallest absolute Gasteiger partial charge is 0.119 e. The average Bonchev–Trinajstić information content (AvgIpc) is 2.85. The molecule has 0 saturated carbocycles. The number of allylic oxidation sites excluding steroid dienone is 2. The summed E-state index contributed by atoms with van der Waals surface area (Å²) >= 11 is 0. The molecule has 0 radical (unpaired) electrons. The molecule has 3 rings (SSSR count). The Morgan fingerprint density at radius 3 is 2.20 bits per heavy atom. The van der Waals surface area contributed by atoms with Crippen LogP contribution in [0.5, 0.6) is 5.75 Å². The van der Waals surface area contributed by atoms with Crippen molar-refractivity contribution in [2.45, 2.75) is 53.7 Å². The summed E-state index contributed by atoms with van der Waals surface area (Å²) in [5, 5.41) is 3.43. The Labute approximate surface area is 211 Å². The van der Waals surface area contributed by atoms with Crippen LogP contribution in [0, 0.1) is 13.8 Å². The van der Waals surface area contributed by atoms with Crippen LogP contribution in [-0.4, -0.2) is 18.8 Å². The summed E-state index contributed by atoms with van der Waals surface area (Å²) in [6.45, 7) is 15.0. The fraction of sp³-hybridized carbons (Fsp3) is 0.281. The molecule has 3 aromatic carbocycles. The summed E-state index contributed by atoms with van der Waals surface area (Å²) in [6.07, 6.45) is 2.95. The molecule has 0 saturated heterocycles. The maximum atomic E-state index is 5.99. The van der Waals surface area contributed by atoms with Crippen LogP contribution in [0.2, 0.25) is 0 Å². The first-order valence-corrected chi connectivity index (χ1v) is 12.2. The molecule has 0 heterocycles. The molecule has 0 bridgehead atoms. The molecule has 35 heavy (non-hydrogen) atoms. The second kappa shape index (κ2) is 12.3. The van der Waals surface area contributed by atoms with Gasteiger partial charge in [0, 0.05) is 17.3 Å². The Kier molecular flexibility index (Phi) is 9.22. The van der Waals surface area contributed by atoms with E-state index in [4.69, 9.17) is 9.73 Å². The highest BCUT2D eigenvalue weighted by atomic mass is 16.5. The first-order chi connectivity index (χ1) is 16.8. The number of benzene rings is 3. The third-order valence-corrected chi connectivity index (χ3v) is 6.30. The molecule has 0 aliphatic rings. The van der Waals surface area contributed by atoms with E-state index in [0.717, 1.165) is 40.3 Å². The lowest BCUT2D eigenvalue weighted by Crippen LogP contribution is -2.34. The lowest BCUT2D eigenvalue weighted by atomic mass is 10.0. The van der Waals surface area contributed by atoms with Gasteiger partial charge in [-0.15, -0.1) is 0 Å². The molecule has 1 N–H and O–H groups in total. The lowest BCUT2D eigenvalue weighted by molar-refractivity contribution is 0.306. The Bertz CT molecular complexity index is 1200. The summed E-state index contributed by atoms with van der Waals surface area (Å²) in [6, 6.07) is 23.4. The molecule has 3 aromatic rings. The van der Waals surface area contributed by atoms with Crippen molar-refractivity contribution in [2.75, 3.05) is 7.05 Å². The molecule has 1 unspecified atom stereocenters. The number of nitrogens with one attached hydrogen (secondary N) is 1. The monoisotopic (exact) mass is 466 g/mol.